The topological polar surface area (TPSA) is 141 Å². The summed E-state index contributed by atoms with van der Waals surface area (Å²) in [7, 11) is 4.47. The molecule has 2 aliphatic heterocycles. The van der Waals surface area contributed by atoms with Gasteiger partial charge in [-0.25, -0.2) is 0 Å². The van der Waals surface area contributed by atoms with Crippen LogP contribution < -0.4 is 14.2 Å². The lowest BCUT2D eigenvalue weighted by molar-refractivity contribution is -0.253. The molecule has 0 saturated carbocycles. The fourth-order valence-electron chi connectivity index (χ4n) is 5.10. The number of benzene rings is 2. The summed E-state index contributed by atoms with van der Waals surface area (Å²) in [5, 5.41) is 40.2. The second-order valence-electron chi connectivity index (χ2n) is 8.21. The van der Waals surface area contributed by atoms with E-state index < -0.39 is 34.5 Å². The molecule has 2 bridgehead atoms. The van der Waals surface area contributed by atoms with Crippen LogP contribution in [0.15, 0.2) is 42.5 Å². The Bertz CT molecular complexity index is 1260. The molecular weight excluding hydrogens is 436 g/mol. The Balaban J connectivity index is 2.00. The van der Waals surface area contributed by atoms with E-state index in [1.807, 2.05) is 12.1 Å². The number of hydrogen-bond acceptors (Lipinski definition) is 9. The van der Waals surface area contributed by atoms with Gasteiger partial charge in [-0.3, -0.25) is 5.41 Å². The Morgan fingerprint density at radius 1 is 0.882 bits per heavy atom. The molecule has 9 heteroatoms. The van der Waals surface area contributed by atoms with Crippen molar-refractivity contribution >= 4 is 5.90 Å². The van der Waals surface area contributed by atoms with Crippen LogP contribution in [0.2, 0.25) is 0 Å². The Morgan fingerprint density at radius 2 is 1.50 bits per heavy atom. The van der Waals surface area contributed by atoms with Crippen LogP contribution in [0, 0.1) is 50.2 Å². The first-order chi connectivity index (χ1) is 16.3. The van der Waals surface area contributed by atoms with Crippen molar-refractivity contribution in [2.45, 2.75) is 24.7 Å². The third kappa shape index (κ3) is 2.76. The number of ether oxygens (including phenoxy) is 5. The molecule has 34 heavy (non-hydrogen) atoms. The third-order valence-corrected chi connectivity index (χ3v) is 6.69. The lowest BCUT2D eigenvalue weighted by Gasteiger charge is -2.49. The number of nitrogens with zero attached hydrogens (tertiary/aromatic N) is 3. The van der Waals surface area contributed by atoms with Crippen molar-refractivity contribution < 1.29 is 23.7 Å². The second kappa shape index (κ2) is 7.95. The van der Waals surface area contributed by atoms with Gasteiger partial charge in [-0.05, 0) is 29.8 Å². The van der Waals surface area contributed by atoms with Crippen molar-refractivity contribution in [2.24, 2.45) is 10.8 Å². The van der Waals surface area contributed by atoms with Crippen LogP contribution in [-0.4, -0.2) is 33.0 Å². The summed E-state index contributed by atoms with van der Waals surface area (Å²) < 4.78 is 28.2. The monoisotopic (exact) mass is 458 g/mol. The van der Waals surface area contributed by atoms with E-state index in [1.165, 1.54) is 21.3 Å². The molecule has 0 spiro atoms. The van der Waals surface area contributed by atoms with Crippen molar-refractivity contribution in [3.63, 3.8) is 0 Å². The molecule has 172 valence electrons. The molecule has 2 saturated heterocycles. The number of nitrogens with one attached hydrogen (secondary N) is 1. The predicted molar refractivity (Wildman–Crippen MR) is 118 cm³/mol. The smallest absolute Gasteiger partial charge is 0.218 e. The summed E-state index contributed by atoms with van der Waals surface area (Å²) >= 11 is 0. The molecule has 2 aromatic carbocycles. The molecule has 0 aliphatic carbocycles. The van der Waals surface area contributed by atoms with Crippen molar-refractivity contribution in [2.75, 3.05) is 21.3 Å². The molecule has 4 unspecified atom stereocenters. The van der Waals surface area contributed by atoms with Crippen molar-refractivity contribution in [3.05, 3.63) is 53.6 Å². The number of hydrogen-bond donors (Lipinski definition) is 1. The Hall–Kier alpha value is -4.26. The van der Waals surface area contributed by atoms with Gasteiger partial charge in [-0.15, -0.1) is 0 Å². The molecular formula is C25H22N4O5. The summed E-state index contributed by atoms with van der Waals surface area (Å²) in [6, 6.07) is 17.9. The quantitative estimate of drug-likeness (QED) is 0.712. The molecule has 2 fully saturated rings. The van der Waals surface area contributed by atoms with E-state index in [0.29, 0.717) is 28.4 Å². The van der Waals surface area contributed by atoms with Gasteiger partial charge >= 0.3 is 0 Å². The predicted octanol–water partition coefficient (Wildman–Crippen LogP) is 3.83. The summed E-state index contributed by atoms with van der Waals surface area (Å²) in [4.78, 5) is 0. The number of fused-ring (bicyclic) bond motifs is 2. The summed E-state index contributed by atoms with van der Waals surface area (Å²) in [5.74, 6) is -1.55. The minimum Gasteiger partial charge on any atom is -0.497 e. The van der Waals surface area contributed by atoms with E-state index in [-0.39, 0.29) is 0 Å². The maximum absolute atomic E-state index is 10.6. The zero-order valence-corrected chi connectivity index (χ0v) is 19.1. The highest BCUT2D eigenvalue weighted by atomic mass is 16.7. The standard InChI is InChI=1S/C25H22N4O5/c1-23-20(15-5-7-16(30-2)8-6-15)25(14-28,22(29)34-23)24(12-26,13-27)21(33-23)18-10-9-17(31-3)11-19(18)32-4/h5-11,20-21,29H,1-4H3. The molecule has 4 rings (SSSR count). The van der Waals surface area contributed by atoms with Gasteiger partial charge in [-0.1, -0.05) is 12.1 Å². The van der Waals surface area contributed by atoms with E-state index in [4.69, 9.17) is 29.1 Å². The van der Waals surface area contributed by atoms with E-state index in [2.05, 4.69) is 6.07 Å². The average molecular weight is 458 g/mol. The zero-order chi connectivity index (χ0) is 24.7. The lowest BCUT2D eigenvalue weighted by Crippen LogP contribution is -2.57. The number of methoxy groups -OCH3 is 3. The summed E-state index contributed by atoms with van der Waals surface area (Å²) in [6.45, 7) is 1.61. The average Bonchev–Trinajstić information content (AvgIpc) is 3.05. The Labute approximate surface area is 197 Å². The van der Waals surface area contributed by atoms with Gasteiger partial charge in [-0.2, -0.15) is 15.8 Å². The van der Waals surface area contributed by atoms with Gasteiger partial charge in [0.15, 0.2) is 5.41 Å². The summed E-state index contributed by atoms with van der Waals surface area (Å²) in [5.41, 5.74) is -3.17. The van der Waals surface area contributed by atoms with Crippen LogP contribution in [0.4, 0.5) is 0 Å². The van der Waals surface area contributed by atoms with E-state index in [0.717, 1.165) is 0 Å². The SMILES string of the molecule is COc1ccc(C2C3(C)OC(=N)C2(C#N)C(C#N)(C#N)C(c2ccc(OC)cc2OC)O3)cc1. The van der Waals surface area contributed by atoms with E-state index in [9.17, 15) is 15.8 Å². The maximum Gasteiger partial charge on any atom is 0.218 e. The number of rotatable bonds is 5. The molecule has 0 aromatic heterocycles. The van der Waals surface area contributed by atoms with Crippen LogP contribution in [0.25, 0.3) is 0 Å². The van der Waals surface area contributed by atoms with Crippen molar-refractivity contribution in [1.29, 1.82) is 21.2 Å². The van der Waals surface area contributed by atoms with Crippen LogP contribution in [0.1, 0.15) is 30.1 Å². The second-order valence-corrected chi connectivity index (χ2v) is 8.21. The summed E-state index contributed by atoms with van der Waals surface area (Å²) in [6.07, 6.45) is -1.26. The van der Waals surface area contributed by atoms with Gasteiger partial charge in [0.1, 0.15) is 23.4 Å². The van der Waals surface area contributed by atoms with Crippen molar-refractivity contribution in [3.8, 4) is 35.5 Å². The van der Waals surface area contributed by atoms with Gasteiger partial charge in [0.2, 0.25) is 17.1 Å². The molecule has 0 radical (unpaired) electrons. The molecule has 0 amide bonds. The normalized spacial score (nSPS) is 28.6. The minimum atomic E-state index is -2.14. The maximum atomic E-state index is 10.6. The molecule has 9 nitrogen and oxygen atoms in total. The highest BCUT2D eigenvalue weighted by molar-refractivity contribution is 5.90. The van der Waals surface area contributed by atoms with Crippen LogP contribution in [-0.2, 0) is 9.47 Å². The van der Waals surface area contributed by atoms with Crippen LogP contribution >= 0.6 is 0 Å². The molecule has 2 heterocycles. The highest BCUT2D eigenvalue weighted by Crippen LogP contribution is 2.69. The molecule has 2 aromatic rings. The highest BCUT2D eigenvalue weighted by Gasteiger charge is 2.80. The third-order valence-electron chi connectivity index (χ3n) is 6.69. The number of nitriles is 3. The van der Waals surface area contributed by atoms with Gasteiger partial charge in [0, 0.05) is 18.6 Å². The van der Waals surface area contributed by atoms with Gasteiger partial charge < -0.3 is 23.7 Å². The largest absolute Gasteiger partial charge is 0.497 e. The fraction of sp³-hybridized carbons (Fsp3) is 0.360. The van der Waals surface area contributed by atoms with Gasteiger partial charge in [0.25, 0.3) is 0 Å². The Kier molecular flexibility index (Phi) is 5.36. The minimum absolute atomic E-state index is 0.310. The molecule has 1 N–H and O–H groups in total. The van der Waals surface area contributed by atoms with Crippen LogP contribution in [0.5, 0.6) is 17.2 Å². The zero-order valence-electron chi connectivity index (χ0n) is 19.1. The van der Waals surface area contributed by atoms with Crippen LogP contribution in [0.3, 0.4) is 0 Å². The lowest BCUT2D eigenvalue weighted by atomic mass is 9.52. The Morgan fingerprint density at radius 3 is 2.03 bits per heavy atom. The first-order valence-corrected chi connectivity index (χ1v) is 10.4. The molecule has 2 aliphatic rings. The van der Waals surface area contributed by atoms with E-state index in [1.54, 1.807) is 49.4 Å². The molecule has 4 atom stereocenters. The first-order valence-electron chi connectivity index (χ1n) is 10.4. The first kappa shape index (κ1) is 22.9. The van der Waals surface area contributed by atoms with Crippen molar-refractivity contribution in [1.82, 2.24) is 0 Å². The fourth-order valence-corrected chi connectivity index (χ4v) is 5.10. The van der Waals surface area contributed by atoms with E-state index >= 15 is 0 Å². The van der Waals surface area contributed by atoms with Gasteiger partial charge in [0.05, 0.1) is 45.5 Å².